The van der Waals surface area contributed by atoms with Gasteiger partial charge >= 0.3 is 0 Å². The number of hydrogen-bond acceptors (Lipinski definition) is 3. The molecule has 0 aliphatic carbocycles. The summed E-state index contributed by atoms with van der Waals surface area (Å²) in [6.45, 7) is 5.76. The van der Waals surface area contributed by atoms with E-state index in [9.17, 15) is 14.7 Å². The molecule has 130 valence electrons. The maximum absolute atomic E-state index is 13.1. The maximum Gasteiger partial charge on any atom is 0.264 e. The lowest BCUT2D eigenvalue weighted by atomic mass is 9.81. The average molecular weight is 337 g/mol. The number of Topliss-reactive ketones (excluding diaryl/α,β-unsaturated/α-hetero) is 1. The molecule has 25 heavy (non-hydrogen) atoms. The van der Waals surface area contributed by atoms with Gasteiger partial charge in [-0.2, -0.15) is 0 Å². The van der Waals surface area contributed by atoms with Crippen LogP contribution in [0.25, 0.3) is 0 Å². The average Bonchev–Trinajstić information content (AvgIpc) is 2.77. The lowest BCUT2D eigenvalue weighted by molar-refractivity contribution is -0.144. The SMILES string of the molecule is CC(C)(C)C(=O)C[C@]1(O)C(=O)N(Cc2ccccc2)c2ccccc21. The Kier molecular flexibility index (Phi) is 4.25. The number of ketones is 1. The number of amides is 1. The van der Waals surface area contributed by atoms with Crippen molar-refractivity contribution in [2.24, 2.45) is 5.41 Å². The van der Waals surface area contributed by atoms with E-state index in [0.717, 1.165) is 5.56 Å². The number of benzene rings is 2. The monoisotopic (exact) mass is 337 g/mol. The van der Waals surface area contributed by atoms with E-state index in [1.54, 1.807) is 37.8 Å². The molecule has 0 aromatic heterocycles. The van der Waals surface area contributed by atoms with Crippen LogP contribution in [-0.4, -0.2) is 16.8 Å². The summed E-state index contributed by atoms with van der Waals surface area (Å²) < 4.78 is 0. The van der Waals surface area contributed by atoms with Crippen LogP contribution in [0.4, 0.5) is 5.69 Å². The minimum absolute atomic E-state index is 0.139. The van der Waals surface area contributed by atoms with Crippen LogP contribution < -0.4 is 4.90 Å². The highest BCUT2D eigenvalue weighted by Gasteiger charge is 2.51. The Balaban J connectivity index is 1.99. The second-order valence-electron chi connectivity index (χ2n) is 7.60. The molecule has 1 aliphatic heterocycles. The van der Waals surface area contributed by atoms with Gasteiger partial charge in [-0.1, -0.05) is 69.3 Å². The van der Waals surface area contributed by atoms with Crippen molar-refractivity contribution in [1.29, 1.82) is 0 Å². The smallest absolute Gasteiger partial charge is 0.264 e. The predicted octanol–water partition coefficient (Wildman–Crippen LogP) is 3.43. The first-order chi connectivity index (χ1) is 11.7. The van der Waals surface area contributed by atoms with E-state index < -0.39 is 16.9 Å². The van der Waals surface area contributed by atoms with Crippen LogP contribution in [0.5, 0.6) is 0 Å². The number of para-hydroxylation sites is 1. The normalized spacial score (nSPS) is 19.8. The minimum Gasteiger partial charge on any atom is -0.375 e. The lowest BCUT2D eigenvalue weighted by Crippen LogP contribution is -2.43. The topological polar surface area (TPSA) is 57.6 Å². The second-order valence-corrected chi connectivity index (χ2v) is 7.60. The summed E-state index contributed by atoms with van der Waals surface area (Å²) >= 11 is 0. The Hall–Kier alpha value is -2.46. The number of carbonyl (C=O) groups is 2. The zero-order valence-electron chi connectivity index (χ0n) is 14.8. The number of fused-ring (bicyclic) bond motifs is 1. The quantitative estimate of drug-likeness (QED) is 0.930. The summed E-state index contributed by atoms with van der Waals surface area (Å²) in [7, 11) is 0. The van der Waals surface area contributed by atoms with E-state index in [-0.39, 0.29) is 12.2 Å². The summed E-state index contributed by atoms with van der Waals surface area (Å²) in [5.41, 5.74) is -0.265. The summed E-state index contributed by atoms with van der Waals surface area (Å²) in [6, 6.07) is 16.8. The van der Waals surface area contributed by atoms with E-state index in [1.165, 1.54) is 0 Å². The van der Waals surface area contributed by atoms with Crippen molar-refractivity contribution in [1.82, 2.24) is 0 Å². The fraction of sp³-hybridized carbons (Fsp3) is 0.333. The van der Waals surface area contributed by atoms with Gasteiger partial charge in [0.15, 0.2) is 5.60 Å². The number of aliphatic hydroxyl groups is 1. The highest BCUT2D eigenvalue weighted by molar-refractivity contribution is 6.09. The third kappa shape index (κ3) is 3.10. The van der Waals surface area contributed by atoms with Crippen molar-refractivity contribution in [3.63, 3.8) is 0 Å². The molecule has 1 heterocycles. The summed E-state index contributed by atoms with van der Waals surface area (Å²) in [6.07, 6.45) is -0.211. The van der Waals surface area contributed by atoms with Crippen molar-refractivity contribution in [2.75, 3.05) is 4.90 Å². The molecule has 4 heteroatoms. The molecule has 4 nitrogen and oxygen atoms in total. The molecule has 2 aromatic rings. The van der Waals surface area contributed by atoms with E-state index >= 15 is 0 Å². The first kappa shape index (κ1) is 17.4. The number of nitrogens with zero attached hydrogens (tertiary/aromatic N) is 1. The van der Waals surface area contributed by atoms with Crippen molar-refractivity contribution >= 4 is 17.4 Å². The fourth-order valence-electron chi connectivity index (χ4n) is 3.10. The summed E-state index contributed by atoms with van der Waals surface area (Å²) in [5, 5.41) is 11.2. The molecule has 0 unspecified atom stereocenters. The fourth-order valence-corrected chi connectivity index (χ4v) is 3.10. The molecule has 0 radical (unpaired) electrons. The molecule has 0 bridgehead atoms. The van der Waals surface area contributed by atoms with Gasteiger partial charge in [-0.05, 0) is 11.6 Å². The molecular weight excluding hydrogens is 314 g/mol. The number of carbonyl (C=O) groups excluding carboxylic acids is 2. The van der Waals surface area contributed by atoms with Gasteiger partial charge in [0.05, 0.1) is 12.2 Å². The standard InChI is InChI=1S/C21H23NO3/c1-20(2,3)18(23)13-21(25)16-11-7-8-12-17(16)22(19(21)24)14-15-9-5-4-6-10-15/h4-12,25H,13-14H2,1-3H3/t21-/m1/s1. The first-order valence-corrected chi connectivity index (χ1v) is 8.44. The van der Waals surface area contributed by atoms with Crippen LogP contribution in [0.2, 0.25) is 0 Å². The van der Waals surface area contributed by atoms with E-state index in [2.05, 4.69) is 0 Å². The van der Waals surface area contributed by atoms with Gasteiger partial charge in [0, 0.05) is 17.4 Å². The lowest BCUT2D eigenvalue weighted by Gasteiger charge is -2.26. The molecule has 1 atom stereocenters. The number of anilines is 1. The zero-order chi connectivity index (χ0) is 18.2. The third-order valence-electron chi connectivity index (χ3n) is 4.68. The molecular formula is C21H23NO3. The highest BCUT2D eigenvalue weighted by Crippen LogP contribution is 2.44. The van der Waals surface area contributed by atoms with Gasteiger partial charge < -0.3 is 10.0 Å². The minimum atomic E-state index is -1.80. The van der Waals surface area contributed by atoms with Gasteiger partial charge in [0.25, 0.3) is 5.91 Å². The molecule has 1 aliphatic rings. The van der Waals surface area contributed by atoms with Crippen molar-refractivity contribution in [3.8, 4) is 0 Å². The van der Waals surface area contributed by atoms with Gasteiger partial charge in [-0.3, -0.25) is 9.59 Å². The maximum atomic E-state index is 13.1. The Bertz CT molecular complexity index is 807. The molecule has 0 saturated heterocycles. The second kappa shape index (κ2) is 6.12. The Morgan fingerprint density at radius 1 is 1.04 bits per heavy atom. The largest absolute Gasteiger partial charge is 0.375 e. The van der Waals surface area contributed by atoms with Gasteiger partial charge in [0.2, 0.25) is 0 Å². The van der Waals surface area contributed by atoms with Crippen molar-refractivity contribution < 1.29 is 14.7 Å². The highest BCUT2D eigenvalue weighted by atomic mass is 16.3. The molecule has 0 saturated carbocycles. The summed E-state index contributed by atoms with van der Waals surface area (Å²) in [5.74, 6) is -0.574. The summed E-state index contributed by atoms with van der Waals surface area (Å²) in [4.78, 5) is 27.2. The van der Waals surface area contributed by atoms with Crippen LogP contribution in [0, 0.1) is 5.41 Å². The van der Waals surface area contributed by atoms with Crippen LogP contribution in [-0.2, 0) is 21.7 Å². The molecule has 1 N–H and O–H groups in total. The van der Waals surface area contributed by atoms with E-state index in [0.29, 0.717) is 17.8 Å². The van der Waals surface area contributed by atoms with E-state index in [1.807, 2.05) is 42.5 Å². The molecule has 2 aromatic carbocycles. The molecule has 1 amide bonds. The Morgan fingerprint density at radius 3 is 2.28 bits per heavy atom. The van der Waals surface area contributed by atoms with Crippen LogP contribution in [0.15, 0.2) is 54.6 Å². The molecule has 0 fully saturated rings. The van der Waals surface area contributed by atoms with Gasteiger partial charge in [-0.15, -0.1) is 0 Å². The van der Waals surface area contributed by atoms with Crippen molar-refractivity contribution in [2.45, 2.75) is 39.3 Å². The van der Waals surface area contributed by atoms with Crippen LogP contribution in [0.1, 0.15) is 38.3 Å². The molecule has 0 spiro atoms. The number of hydrogen-bond donors (Lipinski definition) is 1. The first-order valence-electron chi connectivity index (χ1n) is 8.44. The van der Waals surface area contributed by atoms with Gasteiger partial charge in [0.1, 0.15) is 5.78 Å². The number of rotatable bonds is 4. The van der Waals surface area contributed by atoms with E-state index in [4.69, 9.17) is 0 Å². The van der Waals surface area contributed by atoms with Crippen LogP contribution >= 0.6 is 0 Å². The van der Waals surface area contributed by atoms with Crippen LogP contribution in [0.3, 0.4) is 0 Å². The van der Waals surface area contributed by atoms with Gasteiger partial charge in [-0.25, -0.2) is 0 Å². The van der Waals surface area contributed by atoms with Crippen molar-refractivity contribution in [3.05, 3.63) is 65.7 Å². The molecule has 3 rings (SSSR count). The Labute approximate surface area is 148 Å². The predicted molar refractivity (Wildman–Crippen MR) is 97.0 cm³/mol. The Morgan fingerprint density at radius 2 is 1.64 bits per heavy atom. The zero-order valence-corrected chi connectivity index (χ0v) is 14.8. The third-order valence-corrected chi connectivity index (χ3v) is 4.68.